The van der Waals surface area contributed by atoms with Gasteiger partial charge in [-0.15, -0.1) is 0 Å². The van der Waals surface area contributed by atoms with E-state index in [0.29, 0.717) is 33.5 Å². The summed E-state index contributed by atoms with van der Waals surface area (Å²) in [6, 6.07) is 5.02. The molecule has 0 amide bonds. The number of aryl methyl sites for hydroxylation is 1. The molecular formula is C18H17F2N5O. The summed E-state index contributed by atoms with van der Waals surface area (Å²) in [7, 11) is 0. The van der Waals surface area contributed by atoms with Crippen molar-refractivity contribution in [1.82, 2.24) is 15.0 Å². The van der Waals surface area contributed by atoms with Crippen LogP contribution in [0.5, 0.6) is 5.75 Å². The van der Waals surface area contributed by atoms with E-state index in [2.05, 4.69) is 15.0 Å². The minimum Gasteiger partial charge on any atom is -0.508 e. The number of alkyl halides is 2. The van der Waals surface area contributed by atoms with Gasteiger partial charge in [-0.05, 0) is 31.5 Å². The maximum absolute atomic E-state index is 13.3. The summed E-state index contributed by atoms with van der Waals surface area (Å²) in [6.07, 6.45) is 1.34. The van der Waals surface area contributed by atoms with Gasteiger partial charge in [-0.25, -0.2) is 23.7 Å². The van der Waals surface area contributed by atoms with Gasteiger partial charge < -0.3 is 15.7 Å². The van der Waals surface area contributed by atoms with E-state index in [1.165, 1.54) is 11.2 Å². The number of nitrogens with two attached hydrogens (primary N) is 1. The molecule has 8 heteroatoms. The summed E-state index contributed by atoms with van der Waals surface area (Å²) in [5.41, 5.74) is 9.25. The predicted molar refractivity (Wildman–Crippen MR) is 95.5 cm³/mol. The average molecular weight is 357 g/mol. The van der Waals surface area contributed by atoms with Crippen LogP contribution in [0, 0.1) is 13.8 Å². The van der Waals surface area contributed by atoms with Gasteiger partial charge in [0.05, 0.1) is 18.8 Å². The summed E-state index contributed by atoms with van der Waals surface area (Å²) in [4.78, 5) is 14.4. The molecule has 2 aromatic heterocycles. The lowest BCUT2D eigenvalue weighted by Crippen LogP contribution is -2.56. The third-order valence-electron chi connectivity index (χ3n) is 4.69. The highest BCUT2D eigenvalue weighted by Crippen LogP contribution is 2.39. The number of phenols is 1. The minimum absolute atomic E-state index is 0.128. The Hall–Kier alpha value is -3.03. The molecule has 0 atom stereocenters. The van der Waals surface area contributed by atoms with Crippen LogP contribution in [0.4, 0.5) is 20.4 Å². The average Bonchev–Trinajstić information content (AvgIpc) is 2.57. The Morgan fingerprint density at radius 3 is 2.62 bits per heavy atom. The zero-order valence-electron chi connectivity index (χ0n) is 14.3. The van der Waals surface area contributed by atoms with E-state index >= 15 is 0 Å². The van der Waals surface area contributed by atoms with Gasteiger partial charge in [-0.1, -0.05) is 6.07 Å². The summed E-state index contributed by atoms with van der Waals surface area (Å²) in [6.45, 7) is 2.89. The molecule has 1 fully saturated rings. The van der Waals surface area contributed by atoms with E-state index in [0.717, 1.165) is 5.56 Å². The molecule has 4 rings (SSSR count). The lowest BCUT2D eigenvalue weighted by Gasteiger charge is -2.39. The summed E-state index contributed by atoms with van der Waals surface area (Å²) in [5, 5.41) is 10.7. The molecule has 1 aliphatic rings. The quantitative estimate of drug-likeness (QED) is 0.733. The SMILES string of the molecule is Cc1ccc(O)c(C)c1-c1nc(N2CC(F)(F)C2)cc2c(N)ncnc12. The lowest BCUT2D eigenvalue weighted by molar-refractivity contribution is -0.0266. The van der Waals surface area contributed by atoms with Crippen molar-refractivity contribution in [2.75, 3.05) is 23.7 Å². The molecule has 6 nitrogen and oxygen atoms in total. The smallest absolute Gasteiger partial charge is 0.282 e. The van der Waals surface area contributed by atoms with Gasteiger partial charge in [-0.2, -0.15) is 0 Å². The molecule has 0 spiro atoms. The van der Waals surface area contributed by atoms with E-state index in [1.807, 2.05) is 6.92 Å². The monoisotopic (exact) mass is 357 g/mol. The third-order valence-corrected chi connectivity index (χ3v) is 4.69. The molecule has 3 aromatic rings. The maximum atomic E-state index is 13.3. The van der Waals surface area contributed by atoms with E-state index in [9.17, 15) is 13.9 Å². The Balaban J connectivity index is 2.00. The van der Waals surface area contributed by atoms with Crippen LogP contribution in [-0.4, -0.2) is 39.1 Å². The lowest BCUT2D eigenvalue weighted by atomic mass is 9.97. The second-order valence-corrected chi connectivity index (χ2v) is 6.60. The van der Waals surface area contributed by atoms with Crippen LogP contribution in [-0.2, 0) is 0 Å². The zero-order valence-corrected chi connectivity index (χ0v) is 14.3. The van der Waals surface area contributed by atoms with Crippen molar-refractivity contribution in [3.63, 3.8) is 0 Å². The molecule has 3 heterocycles. The van der Waals surface area contributed by atoms with Crippen molar-refractivity contribution in [1.29, 1.82) is 0 Å². The van der Waals surface area contributed by atoms with E-state index < -0.39 is 19.0 Å². The van der Waals surface area contributed by atoms with Gasteiger partial charge in [0.15, 0.2) is 0 Å². The molecule has 1 aliphatic heterocycles. The van der Waals surface area contributed by atoms with Gasteiger partial charge in [0, 0.05) is 16.5 Å². The number of fused-ring (bicyclic) bond motifs is 1. The molecule has 1 aromatic carbocycles. The second kappa shape index (κ2) is 5.48. The Labute approximate surface area is 148 Å². The summed E-state index contributed by atoms with van der Waals surface area (Å²) < 4.78 is 26.6. The number of aromatic hydroxyl groups is 1. The molecule has 3 N–H and O–H groups in total. The molecular weight excluding hydrogens is 340 g/mol. The highest BCUT2D eigenvalue weighted by atomic mass is 19.3. The Morgan fingerprint density at radius 1 is 1.19 bits per heavy atom. The first-order valence-corrected chi connectivity index (χ1v) is 8.10. The normalized spacial score (nSPS) is 15.9. The first-order valence-electron chi connectivity index (χ1n) is 8.10. The second-order valence-electron chi connectivity index (χ2n) is 6.60. The minimum atomic E-state index is -2.72. The van der Waals surface area contributed by atoms with E-state index in [1.54, 1.807) is 25.1 Å². The topological polar surface area (TPSA) is 88.2 Å². The van der Waals surface area contributed by atoms with Crippen LogP contribution in [0.25, 0.3) is 22.2 Å². The Morgan fingerprint density at radius 2 is 1.92 bits per heavy atom. The van der Waals surface area contributed by atoms with Crippen molar-refractivity contribution in [3.05, 3.63) is 35.7 Å². The van der Waals surface area contributed by atoms with E-state index in [-0.39, 0.29) is 11.6 Å². The van der Waals surface area contributed by atoms with Crippen molar-refractivity contribution in [3.8, 4) is 17.0 Å². The van der Waals surface area contributed by atoms with Gasteiger partial charge in [0.2, 0.25) is 0 Å². The van der Waals surface area contributed by atoms with E-state index in [4.69, 9.17) is 5.73 Å². The zero-order chi connectivity index (χ0) is 18.6. The van der Waals surface area contributed by atoms with Crippen molar-refractivity contribution in [2.24, 2.45) is 0 Å². The molecule has 0 aliphatic carbocycles. The number of hydrogen-bond acceptors (Lipinski definition) is 6. The number of halogens is 2. The molecule has 0 saturated carbocycles. The molecule has 1 saturated heterocycles. The van der Waals surface area contributed by atoms with Crippen LogP contribution in [0.3, 0.4) is 0 Å². The molecule has 0 bridgehead atoms. The van der Waals surface area contributed by atoms with Crippen LogP contribution in [0.15, 0.2) is 24.5 Å². The fourth-order valence-electron chi connectivity index (χ4n) is 3.28. The number of rotatable bonds is 2. The third kappa shape index (κ3) is 2.49. The van der Waals surface area contributed by atoms with Crippen molar-refractivity contribution < 1.29 is 13.9 Å². The highest BCUT2D eigenvalue weighted by molar-refractivity contribution is 5.99. The standard InChI is InChI=1S/C18H17F2N5O/c1-9-3-4-12(26)10(2)14(9)16-15-11(17(21)23-8-22-15)5-13(24-16)25-6-18(19,20)7-25/h3-5,8,26H,6-7H2,1-2H3,(H2,21,22,23). The number of pyridine rings is 1. The fraction of sp³-hybridized carbons (Fsp3) is 0.278. The van der Waals surface area contributed by atoms with Gasteiger partial charge in [-0.3, -0.25) is 0 Å². The van der Waals surface area contributed by atoms with Gasteiger partial charge in [0.25, 0.3) is 5.92 Å². The van der Waals surface area contributed by atoms with Gasteiger partial charge in [0.1, 0.15) is 29.2 Å². The molecule has 26 heavy (non-hydrogen) atoms. The molecule has 0 radical (unpaired) electrons. The Bertz CT molecular complexity index is 1030. The number of anilines is 2. The van der Waals surface area contributed by atoms with Crippen LogP contribution in [0.1, 0.15) is 11.1 Å². The maximum Gasteiger partial charge on any atom is 0.282 e. The number of phenolic OH excluding ortho intramolecular Hbond substituents is 1. The fourth-order valence-corrected chi connectivity index (χ4v) is 3.28. The first-order chi connectivity index (χ1) is 12.3. The molecule has 134 valence electrons. The van der Waals surface area contributed by atoms with Crippen LogP contribution < -0.4 is 10.6 Å². The van der Waals surface area contributed by atoms with Crippen LogP contribution >= 0.6 is 0 Å². The van der Waals surface area contributed by atoms with Crippen molar-refractivity contribution in [2.45, 2.75) is 19.8 Å². The number of nitrogen functional groups attached to an aromatic ring is 1. The largest absolute Gasteiger partial charge is 0.508 e. The van der Waals surface area contributed by atoms with Crippen LogP contribution in [0.2, 0.25) is 0 Å². The number of aromatic nitrogens is 3. The number of hydrogen-bond donors (Lipinski definition) is 2. The first kappa shape index (κ1) is 16.4. The number of nitrogens with zero attached hydrogens (tertiary/aromatic N) is 4. The summed E-state index contributed by atoms with van der Waals surface area (Å²) >= 11 is 0. The number of benzene rings is 1. The molecule has 0 unspecified atom stereocenters. The predicted octanol–water partition coefficient (Wildman–Crippen LogP) is 3.05. The van der Waals surface area contributed by atoms with Crippen molar-refractivity contribution >= 4 is 22.5 Å². The highest BCUT2D eigenvalue weighted by Gasteiger charge is 2.44. The van der Waals surface area contributed by atoms with Gasteiger partial charge >= 0.3 is 0 Å². The summed E-state index contributed by atoms with van der Waals surface area (Å²) in [5.74, 6) is -1.94. The Kier molecular flexibility index (Phi) is 3.47.